The smallest absolute Gasteiger partial charge is 0.338 e. The van der Waals surface area contributed by atoms with Crippen molar-refractivity contribution >= 4 is 39.7 Å². The molecule has 3 aromatic rings. The van der Waals surface area contributed by atoms with Crippen molar-refractivity contribution in [2.75, 3.05) is 6.61 Å². The van der Waals surface area contributed by atoms with Crippen LogP contribution in [0.4, 0.5) is 0 Å². The van der Waals surface area contributed by atoms with E-state index in [1.165, 1.54) is 0 Å². The number of ether oxygens (including phenoxy) is 1. The fraction of sp³-hybridized carbons (Fsp3) is 0.125. The molecule has 0 unspecified atom stereocenters. The number of rotatable bonds is 3. The van der Waals surface area contributed by atoms with Crippen LogP contribution in [0.15, 0.2) is 46.9 Å². The van der Waals surface area contributed by atoms with E-state index in [0.29, 0.717) is 23.6 Å². The maximum Gasteiger partial charge on any atom is 0.338 e. The minimum atomic E-state index is -0.352. The van der Waals surface area contributed by atoms with E-state index in [1.807, 2.05) is 30.3 Å². The van der Waals surface area contributed by atoms with Gasteiger partial charge in [-0.25, -0.2) is 9.78 Å². The first kappa shape index (κ1) is 14.1. The number of halogens is 1. The molecule has 0 amide bonds. The van der Waals surface area contributed by atoms with Gasteiger partial charge < -0.3 is 9.15 Å². The van der Waals surface area contributed by atoms with E-state index < -0.39 is 0 Å². The summed E-state index contributed by atoms with van der Waals surface area (Å²) in [5.41, 5.74) is 2.72. The molecule has 106 valence electrons. The Balaban J connectivity index is 2.09. The fourth-order valence-electron chi connectivity index (χ4n) is 2.03. The van der Waals surface area contributed by atoms with Crippen molar-refractivity contribution < 1.29 is 13.9 Å². The minimum absolute atomic E-state index is 0.346. The van der Waals surface area contributed by atoms with E-state index in [-0.39, 0.29) is 5.97 Å². The number of oxazole rings is 1. The molecular weight excluding hydrogens is 381 g/mol. The van der Waals surface area contributed by atoms with Gasteiger partial charge in [0.15, 0.2) is 5.58 Å². The molecule has 0 bridgehead atoms. The van der Waals surface area contributed by atoms with Crippen molar-refractivity contribution in [1.82, 2.24) is 4.98 Å². The van der Waals surface area contributed by atoms with Crippen LogP contribution in [-0.2, 0) is 4.74 Å². The van der Waals surface area contributed by atoms with Crippen molar-refractivity contribution in [3.05, 3.63) is 51.6 Å². The molecule has 0 saturated heterocycles. The number of hydrogen-bond donors (Lipinski definition) is 0. The number of esters is 1. The first-order chi connectivity index (χ1) is 10.2. The van der Waals surface area contributed by atoms with E-state index in [4.69, 9.17) is 9.15 Å². The summed E-state index contributed by atoms with van der Waals surface area (Å²) in [4.78, 5) is 16.3. The predicted molar refractivity (Wildman–Crippen MR) is 88.1 cm³/mol. The summed E-state index contributed by atoms with van der Waals surface area (Å²) in [7, 11) is 0. The monoisotopic (exact) mass is 393 g/mol. The van der Waals surface area contributed by atoms with E-state index in [0.717, 1.165) is 14.7 Å². The minimum Gasteiger partial charge on any atom is -0.462 e. The van der Waals surface area contributed by atoms with Gasteiger partial charge in [-0.2, -0.15) is 0 Å². The van der Waals surface area contributed by atoms with Crippen molar-refractivity contribution in [3.63, 3.8) is 0 Å². The van der Waals surface area contributed by atoms with E-state index in [2.05, 4.69) is 27.6 Å². The second-order valence-electron chi connectivity index (χ2n) is 4.41. The Hall–Kier alpha value is -1.89. The molecule has 0 atom stereocenters. The molecule has 0 radical (unpaired) electrons. The lowest BCUT2D eigenvalue weighted by Gasteiger charge is -2.01. The summed E-state index contributed by atoms with van der Waals surface area (Å²) in [6, 6.07) is 13.1. The Morgan fingerprint density at radius 2 is 2.05 bits per heavy atom. The molecule has 2 aromatic carbocycles. The van der Waals surface area contributed by atoms with Crippen molar-refractivity contribution in [1.29, 1.82) is 0 Å². The SMILES string of the molecule is CCOC(=O)c1cc(I)c2nc(-c3ccccc3)oc2c1. The normalized spacial score (nSPS) is 10.8. The molecule has 21 heavy (non-hydrogen) atoms. The van der Waals surface area contributed by atoms with Crippen LogP contribution in [0.5, 0.6) is 0 Å². The zero-order valence-corrected chi connectivity index (χ0v) is 13.5. The number of benzene rings is 2. The van der Waals surface area contributed by atoms with Gasteiger partial charge in [0.05, 0.1) is 12.2 Å². The Labute approximate surface area is 135 Å². The third-order valence-electron chi connectivity index (χ3n) is 2.98. The van der Waals surface area contributed by atoms with Crippen LogP contribution in [-0.4, -0.2) is 17.6 Å². The van der Waals surface area contributed by atoms with E-state index >= 15 is 0 Å². The van der Waals surface area contributed by atoms with Crippen LogP contribution in [0.25, 0.3) is 22.6 Å². The summed E-state index contributed by atoms with van der Waals surface area (Å²) in [6.45, 7) is 2.13. The zero-order chi connectivity index (χ0) is 14.8. The molecule has 5 heteroatoms. The van der Waals surface area contributed by atoms with Gasteiger partial charge in [-0.05, 0) is 53.8 Å². The molecule has 0 aliphatic heterocycles. The topological polar surface area (TPSA) is 52.3 Å². The number of fused-ring (bicyclic) bond motifs is 1. The standard InChI is InChI=1S/C16H12INO3/c1-2-20-16(19)11-8-12(17)14-13(9-11)21-15(18-14)10-6-4-3-5-7-10/h3-9H,2H2,1H3. The first-order valence-corrected chi connectivity index (χ1v) is 7.59. The Morgan fingerprint density at radius 1 is 1.29 bits per heavy atom. The highest BCUT2D eigenvalue weighted by Crippen LogP contribution is 2.28. The van der Waals surface area contributed by atoms with Gasteiger partial charge in [0.2, 0.25) is 5.89 Å². The Kier molecular flexibility index (Phi) is 3.92. The van der Waals surface area contributed by atoms with E-state index in [9.17, 15) is 4.79 Å². The van der Waals surface area contributed by atoms with Crippen molar-refractivity contribution in [2.45, 2.75) is 6.92 Å². The molecule has 1 heterocycles. The highest BCUT2D eigenvalue weighted by atomic mass is 127. The predicted octanol–water partition coefficient (Wildman–Crippen LogP) is 4.28. The Morgan fingerprint density at radius 3 is 2.76 bits per heavy atom. The third kappa shape index (κ3) is 2.78. The van der Waals surface area contributed by atoms with Crippen LogP contribution in [0.1, 0.15) is 17.3 Å². The van der Waals surface area contributed by atoms with Crippen LogP contribution in [0, 0.1) is 3.57 Å². The van der Waals surface area contributed by atoms with Crippen molar-refractivity contribution in [3.8, 4) is 11.5 Å². The fourth-order valence-corrected chi connectivity index (χ4v) is 2.75. The number of nitrogens with zero attached hydrogens (tertiary/aromatic N) is 1. The van der Waals surface area contributed by atoms with Gasteiger partial charge in [0, 0.05) is 9.13 Å². The van der Waals surface area contributed by atoms with Crippen molar-refractivity contribution in [2.24, 2.45) is 0 Å². The summed E-state index contributed by atoms with van der Waals surface area (Å²) < 4.78 is 11.7. The molecule has 0 aliphatic carbocycles. The van der Waals surface area contributed by atoms with Gasteiger partial charge in [-0.1, -0.05) is 18.2 Å². The van der Waals surface area contributed by atoms with Gasteiger partial charge in [0.25, 0.3) is 0 Å². The molecule has 3 rings (SSSR count). The molecule has 0 N–H and O–H groups in total. The van der Waals surface area contributed by atoms with Gasteiger partial charge in [-0.15, -0.1) is 0 Å². The lowest BCUT2D eigenvalue weighted by molar-refractivity contribution is 0.0526. The molecule has 4 nitrogen and oxygen atoms in total. The third-order valence-corrected chi connectivity index (χ3v) is 3.80. The molecule has 0 spiro atoms. The zero-order valence-electron chi connectivity index (χ0n) is 11.3. The van der Waals surface area contributed by atoms with Crippen LogP contribution < -0.4 is 0 Å². The summed E-state index contributed by atoms with van der Waals surface area (Å²) in [5.74, 6) is 0.194. The quantitative estimate of drug-likeness (QED) is 0.493. The van der Waals surface area contributed by atoms with Gasteiger partial charge >= 0.3 is 5.97 Å². The summed E-state index contributed by atoms with van der Waals surface area (Å²) in [6.07, 6.45) is 0. The van der Waals surface area contributed by atoms with Crippen LogP contribution in [0.3, 0.4) is 0 Å². The second-order valence-corrected chi connectivity index (χ2v) is 5.57. The van der Waals surface area contributed by atoms with Crippen LogP contribution >= 0.6 is 22.6 Å². The van der Waals surface area contributed by atoms with Gasteiger partial charge in [-0.3, -0.25) is 0 Å². The summed E-state index contributed by atoms with van der Waals surface area (Å²) >= 11 is 2.15. The molecule has 0 fully saturated rings. The lowest BCUT2D eigenvalue weighted by Crippen LogP contribution is -2.04. The first-order valence-electron chi connectivity index (χ1n) is 6.51. The Bertz CT molecular complexity index is 796. The van der Waals surface area contributed by atoms with Gasteiger partial charge in [0.1, 0.15) is 5.52 Å². The molecule has 1 aromatic heterocycles. The average Bonchev–Trinajstić information content (AvgIpc) is 2.93. The average molecular weight is 393 g/mol. The number of carbonyl (C=O) groups excluding carboxylic acids is 1. The second kappa shape index (κ2) is 5.85. The summed E-state index contributed by atoms with van der Waals surface area (Å²) in [5, 5.41) is 0. The number of aromatic nitrogens is 1. The maximum absolute atomic E-state index is 11.8. The largest absolute Gasteiger partial charge is 0.462 e. The van der Waals surface area contributed by atoms with Crippen LogP contribution in [0.2, 0.25) is 0 Å². The van der Waals surface area contributed by atoms with E-state index in [1.54, 1.807) is 19.1 Å². The molecular formula is C16H12INO3. The number of hydrogen-bond acceptors (Lipinski definition) is 4. The molecule has 0 saturated carbocycles. The highest BCUT2D eigenvalue weighted by Gasteiger charge is 2.15. The number of carbonyl (C=O) groups is 1. The molecule has 0 aliphatic rings. The highest BCUT2D eigenvalue weighted by molar-refractivity contribution is 14.1. The lowest BCUT2D eigenvalue weighted by atomic mass is 10.2. The maximum atomic E-state index is 11.8.